The van der Waals surface area contributed by atoms with Crippen molar-refractivity contribution in [1.82, 2.24) is 0 Å². The van der Waals surface area contributed by atoms with Crippen LogP contribution in [0.15, 0.2) is 18.2 Å². The Morgan fingerprint density at radius 1 is 1.50 bits per heavy atom. The summed E-state index contributed by atoms with van der Waals surface area (Å²) in [6.07, 6.45) is 0. The summed E-state index contributed by atoms with van der Waals surface area (Å²) < 4.78 is 9.84. The topological polar surface area (TPSA) is 71.3 Å². The van der Waals surface area contributed by atoms with Crippen molar-refractivity contribution in [3.05, 3.63) is 28.8 Å². The molecule has 0 atom stereocenters. The van der Waals surface area contributed by atoms with Crippen LogP contribution in [-0.2, 0) is 14.3 Å². The molecule has 1 amide bonds. The van der Waals surface area contributed by atoms with Crippen LogP contribution in [0.1, 0.15) is 5.56 Å². The SMILES string of the molecule is COCCOCC(=O)Nc1cc(Cl)ccc1C#N. The molecule has 1 rings (SSSR count). The molecule has 0 radical (unpaired) electrons. The highest BCUT2D eigenvalue weighted by Crippen LogP contribution is 2.20. The lowest BCUT2D eigenvalue weighted by atomic mass is 10.2. The molecule has 0 heterocycles. The van der Waals surface area contributed by atoms with Crippen LogP contribution in [0.4, 0.5) is 5.69 Å². The van der Waals surface area contributed by atoms with Crippen molar-refractivity contribution in [2.45, 2.75) is 0 Å². The molecule has 1 N–H and O–H groups in total. The zero-order chi connectivity index (χ0) is 13.4. The average Bonchev–Trinajstić information content (AvgIpc) is 2.35. The highest BCUT2D eigenvalue weighted by atomic mass is 35.5. The second kappa shape index (κ2) is 7.67. The van der Waals surface area contributed by atoms with Gasteiger partial charge in [-0.3, -0.25) is 4.79 Å². The Bertz CT molecular complexity index is 457. The minimum Gasteiger partial charge on any atom is -0.382 e. The number of ether oxygens (including phenoxy) is 2. The van der Waals surface area contributed by atoms with E-state index < -0.39 is 0 Å². The Balaban J connectivity index is 2.54. The minimum atomic E-state index is -0.343. The maximum atomic E-state index is 11.5. The third-order valence-corrected chi connectivity index (χ3v) is 2.28. The molecule has 0 unspecified atom stereocenters. The summed E-state index contributed by atoms with van der Waals surface area (Å²) in [6, 6.07) is 6.62. The number of nitrogens with one attached hydrogen (secondary N) is 1. The molecule has 1 aromatic rings. The number of benzene rings is 1. The summed E-state index contributed by atoms with van der Waals surface area (Å²) >= 11 is 5.79. The van der Waals surface area contributed by atoms with Gasteiger partial charge in [-0.2, -0.15) is 5.26 Å². The van der Waals surface area contributed by atoms with Crippen LogP contribution in [0.2, 0.25) is 5.02 Å². The molecule has 0 spiro atoms. The first-order chi connectivity index (χ1) is 8.67. The summed E-state index contributed by atoms with van der Waals surface area (Å²) in [5.74, 6) is -0.343. The van der Waals surface area contributed by atoms with E-state index in [2.05, 4.69) is 5.32 Å². The second-order valence-corrected chi connectivity index (χ2v) is 3.83. The Morgan fingerprint density at radius 3 is 2.94 bits per heavy atom. The van der Waals surface area contributed by atoms with E-state index in [9.17, 15) is 4.79 Å². The monoisotopic (exact) mass is 268 g/mol. The fraction of sp³-hybridized carbons (Fsp3) is 0.333. The van der Waals surface area contributed by atoms with Gasteiger partial charge in [0.2, 0.25) is 5.91 Å². The highest BCUT2D eigenvalue weighted by Gasteiger charge is 2.07. The number of methoxy groups -OCH3 is 1. The van der Waals surface area contributed by atoms with Crippen LogP contribution >= 0.6 is 11.6 Å². The van der Waals surface area contributed by atoms with Crippen molar-refractivity contribution in [3.8, 4) is 6.07 Å². The lowest BCUT2D eigenvalue weighted by molar-refractivity contribution is -0.121. The molecule has 18 heavy (non-hydrogen) atoms. The number of halogens is 1. The first kappa shape index (κ1) is 14.5. The van der Waals surface area contributed by atoms with Crippen molar-refractivity contribution in [2.24, 2.45) is 0 Å². The number of carbonyl (C=O) groups excluding carboxylic acids is 1. The third-order valence-electron chi connectivity index (χ3n) is 2.04. The lowest BCUT2D eigenvalue weighted by Crippen LogP contribution is -2.20. The minimum absolute atomic E-state index is 0.0965. The van der Waals surface area contributed by atoms with Gasteiger partial charge in [0.15, 0.2) is 0 Å². The van der Waals surface area contributed by atoms with E-state index >= 15 is 0 Å². The Labute approximate surface area is 110 Å². The van der Waals surface area contributed by atoms with Gasteiger partial charge in [0.1, 0.15) is 12.7 Å². The number of carbonyl (C=O) groups is 1. The molecule has 0 aliphatic carbocycles. The highest BCUT2D eigenvalue weighted by molar-refractivity contribution is 6.31. The molecule has 1 aromatic carbocycles. The molecule has 96 valence electrons. The molecule has 0 aliphatic rings. The fourth-order valence-corrected chi connectivity index (χ4v) is 1.38. The van der Waals surface area contributed by atoms with E-state index in [-0.39, 0.29) is 12.5 Å². The Kier molecular flexibility index (Phi) is 6.15. The number of anilines is 1. The zero-order valence-corrected chi connectivity index (χ0v) is 10.7. The van der Waals surface area contributed by atoms with Crippen LogP contribution in [0.5, 0.6) is 0 Å². The summed E-state index contributed by atoms with van der Waals surface area (Å²) in [5, 5.41) is 11.9. The fourth-order valence-electron chi connectivity index (χ4n) is 1.21. The van der Waals surface area contributed by atoms with Gasteiger partial charge in [0.05, 0.1) is 24.5 Å². The average molecular weight is 269 g/mol. The molecular formula is C12H13ClN2O3. The summed E-state index contributed by atoms with van der Waals surface area (Å²) in [4.78, 5) is 11.5. The number of rotatable bonds is 6. The van der Waals surface area contributed by atoms with Gasteiger partial charge < -0.3 is 14.8 Å². The van der Waals surface area contributed by atoms with E-state index in [0.29, 0.717) is 29.5 Å². The Morgan fingerprint density at radius 2 is 2.28 bits per heavy atom. The quantitative estimate of drug-likeness (QED) is 0.799. The third kappa shape index (κ3) is 4.72. The van der Waals surface area contributed by atoms with Crippen molar-refractivity contribution in [3.63, 3.8) is 0 Å². The molecule has 5 nitrogen and oxygen atoms in total. The van der Waals surface area contributed by atoms with Gasteiger partial charge >= 0.3 is 0 Å². The van der Waals surface area contributed by atoms with Crippen LogP contribution in [0, 0.1) is 11.3 Å². The van der Waals surface area contributed by atoms with E-state index in [1.807, 2.05) is 6.07 Å². The van der Waals surface area contributed by atoms with E-state index in [1.165, 1.54) is 6.07 Å². The van der Waals surface area contributed by atoms with Gasteiger partial charge in [-0.25, -0.2) is 0 Å². The zero-order valence-electron chi connectivity index (χ0n) is 9.90. The van der Waals surface area contributed by atoms with E-state index in [1.54, 1.807) is 19.2 Å². The van der Waals surface area contributed by atoms with Crippen molar-refractivity contribution >= 4 is 23.2 Å². The first-order valence-electron chi connectivity index (χ1n) is 5.23. The molecule has 6 heteroatoms. The predicted molar refractivity (Wildman–Crippen MR) is 67.5 cm³/mol. The maximum absolute atomic E-state index is 11.5. The summed E-state index contributed by atoms with van der Waals surface area (Å²) in [7, 11) is 1.55. The van der Waals surface area contributed by atoms with Gasteiger partial charge in [0.25, 0.3) is 0 Å². The lowest BCUT2D eigenvalue weighted by Gasteiger charge is -2.08. The van der Waals surface area contributed by atoms with Crippen LogP contribution < -0.4 is 5.32 Å². The van der Waals surface area contributed by atoms with Crippen molar-refractivity contribution < 1.29 is 14.3 Å². The number of nitrogens with zero attached hydrogens (tertiary/aromatic N) is 1. The van der Waals surface area contributed by atoms with Gasteiger partial charge in [-0.05, 0) is 18.2 Å². The molecular weight excluding hydrogens is 256 g/mol. The predicted octanol–water partition coefficient (Wildman–Crippen LogP) is 1.81. The molecule has 0 saturated carbocycles. The molecule has 0 aliphatic heterocycles. The van der Waals surface area contributed by atoms with Gasteiger partial charge in [-0.1, -0.05) is 11.6 Å². The maximum Gasteiger partial charge on any atom is 0.250 e. The second-order valence-electron chi connectivity index (χ2n) is 3.40. The molecule has 0 aromatic heterocycles. The van der Waals surface area contributed by atoms with Gasteiger partial charge in [-0.15, -0.1) is 0 Å². The van der Waals surface area contributed by atoms with Crippen molar-refractivity contribution in [1.29, 1.82) is 5.26 Å². The Hall–Kier alpha value is -1.61. The van der Waals surface area contributed by atoms with Crippen LogP contribution in [0.25, 0.3) is 0 Å². The molecule has 0 bridgehead atoms. The molecule has 0 fully saturated rings. The largest absolute Gasteiger partial charge is 0.382 e. The normalized spacial score (nSPS) is 9.83. The standard InChI is InChI=1S/C12H13ClN2O3/c1-17-4-5-18-8-12(16)15-11-6-10(13)3-2-9(11)7-14/h2-3,6H,4-5,8H2,1H3,(H,15,16). The van der Waals surface area contributed by atoms with E-state index in [4.69, 9.17) is 26.3 Å². The smallest absolute Gasteiger partial charge is 0.250 e. The van der Waals surface area contributed by atoms with Gasteiger partial charge in [0, 0.05) is 12.1 Å². The van der Waals surface area contributed by atoms with E-state index in [0.717, 1.165) is 0 Å². The van der Waals surface area contributed by atoms with Crippen molar-refractivity contribution in [2.75, 3.05) is 32.2 Å². The first-order valence-corrected chi connectivity index (χ1v) is 5.61. The van der Waals surface area contributed by atoms with Crippen LogP contribution in [-0.4, -0.2) is 32.8 Å². The number of hydrogen-bond acceptors (Lipinski definition) is 4. The number of nitriles is 1. The number of amides is 1. The molecule has 0 saturated heterocycles. The number of hydrogen-bond donors (Lipinski definition) is 1. The summed E-state index contributed by atoms with van der Waals surface area (Å²) in [6.45, 7) is 0.666. The summed E-state index contributed by atoms with van der Waals surface area (Å²) in [5.41, 5.74) is 0.731. The van der Waals surface area contributed by atoms with Crippen LogP contribution in [0.3, 0.4) is 0 Å².